The molecule has 0 fully saturated rings. The third-order valence-corrected chi connectivity index (χ3v) is 5.06. The number of thiophene rings is 1. The zero-order valence-corrected chi connectivity index (χ0v) is 12.7. The van der Waals surface area contributed by atoms with Crippen LogP contribution in [0.4, 0.5) is 0 Å². The van der Waals surface area contributed by atoms with Crippen molar-refractivity contribution < 1.29 is 9.53 Å². The lowest BCUT2D eigenvalue weighted by Gasteiger charge is -2.23. The third-order valence-electron chi connectivity index (χ3n) is 3.95. The molecule has 0 unspecified atom stereocenters. The predicted molar refractivity (Wildman–Crippen MR) is 85.7 cm³/mol. The Morgan fingerprint density at radius 3 is 2.77 bits per heavy atom. The lowest BCUT2D eigenvalue weighted by Crippen LogP contribution is -2.27. The standard InChI is InChI=1S/C17H13NO3S/c1-9-6-7-13(22-9)11-8-14(19)21-16-10-4-2-3-5-12(10)18-17(20)15(11)16/h2-7,11H,8H2,1H3,(H,18,20)/t11-/m1/s1. The maximum atomic E-state index is 12.5. The van der Waals surface area contributed by atoms with Crippen LogP contribution < -0.4 is 10.3 Å². The summed E-state index contributed by atoms with van der Waals surface area (Å²) in [6.45, 7) is 2.01. The molecular formula is C17H13NO3S. The Bertz CT molecular complexity index is 954. The van der Waals surface area contributed by atoms with Crippen molar-refractivity contribution in [2.24, 2.45) is 0 Å². The zero-order chi connectivity index (χ0) is 15.3. The van der Waals surface area contributed by atoms with E-state index in [0.717, 1.165) is 15.1 Å². The average Bonchev–Trinajstić information content (AvgIpc) is 2.93. The van der Waals surface area contributed by atoms with Gasteiger partial charge in [-0.15, -0.1) is 11.3 Å². The first kappa shape index (κ1) is 13.3. The molecule has 3 aromatic rings. The number of hydrogen-bond donors (Lipinski definition) is 1. The second kappa shape index (κ2) is 4.81. The summed E-state index contributed by atoms with van der Waals surface area (Å²) in [5.74, 6) is -0.116. The number of esters is 1. The van der Waals surface area contributed by atoms with Gasteiger partial charge < -0.3 is 9.72 Å². The minimum Gasteiger partial charge on any atom is -0.425 e. The van der Waals surface area contributed by atoms with E-state index in [9.17, 15) is 9.59 Å². The number of aryl methyl sites for hydroxylation is 1. The number of para-hydroxylation sites is 1. The number of aromatic amines is 1. The Hall–Kier alpha value is -2.40. The van der Waals surface area contributed by atoms with Crippen molar-refractivity contribution in [2.75, 3.05) is 0 Å². The van der Waals surface area contributed by atoms with Crippen molar-refractivity contribution in [3.8, 4) is 5.75 Å². The molecular weight excluding hydrogens is 298 g/mol. The molecule has 0 saturated heterocycles. The molecule has 1 aromatic carbocycles. The summed E-state index contributed by atoms with van der Waals surface area (Å²) in [7, 11) is 0. The number of aromatic nitrogens is 1. The highest BCUT2D eigenvalue weighted by atomic mass is 32.1. The first-order chi connectivity index (χ1) is 10.6. The van der Waals surface area contributed by atoms with Gasteiger partial charge in [0.15, 0.2) is 0 Å². The van der Waals surface area contributed by atoms with Gasteiger partial charge in [0.1, 0.15) is 5.75 Å². The van der Waals surface area contributed by atoms with Crippen LogP contribution in [0.5, 0.6) is 5.75 Å². The Balaban J connectivity index is 2.03. The molecule has 0 aliphatic carbocycles. The third kappa shape index (κ3) is 1.97. The van der Waals surface area contributed by atoms with E-state index in [4.69, 9.17) is 4.74 Å². The highest BCUT2D eigenvalue weighted by Crippen LogP contribution is 2.41. The summed E-state index contributed by atoms with van der Waals surface area (Å²) < 4.78 is 5.43. The summed E-state index contributed by atoms with van der Waals surface area (Å²) in [4.78, 5) is 29.7. The normalized spacial score (nSPS) is 17.3. The predicted octanol–water partition coefficient (Wildman–Crippen LogP) is 3.34. The largest absolute Gasteiger partial charge is 0.425 e. The molecule has 0 amide bonds. The SMILES string of the molecule is Cc1ccc([C@H]2CC(=O)Oc3c2c(=O)[nH]c2ccccc32)s1. The monoisotopic (exact) mass is 311 g/mol. The number of carbonyl (C=O) groups is 1. The average molecular weight is 311 g/mol. The lowest BCUT2D eigenvalue weighted by atomic mass is 9.91. The van der Waals surface area contributed by atoms with Gasteiger partial charge in [0.05, 0.1) is 17.5 Å². The van der Waals surface area contributed by atoms with Gasteiger partial charge in [-0.2, -0.15) is 0 Å². The zero-order valence-electron chi connectivity index (χ0n) is 11.9. The van der Waals surface area contributed by atoms with Gasteiger partial charge >= 0.3 is 5.97 Å². The number of pyridine rings is 1. The van der Waals surface area contributed by atoms with Crippen LogP contribution in [0.15, 0.2) is 41.2 Å². The summed E-state index contributed by atoms with van der Waals surface area (Å²) in [6, 6.07) is 11.4. The number of carbonyl (C=O) groups excluding carboxylic acids is 1. The molecule has 1 N–H and O–H groups in total. The smallest absolute Gasteiger partial charge is 0.312 e. The van der Waals surface area contributed by atoms with E-state index >= 15 is 0 Å². The Morgan fingerprint density at radius 1 is 1.18 bits per heavy atom. The molecule has 0 radical (unpaired) electrons. The highest BCUT2D eigenvalue weighted by Gasteiger charge is 2.33. The van der Waals surface area contributed by atoms with Crippen LogP contribution in [0.2, 0.25) is 0 Å². The topological polar surface area (TPSA) is 59.2 Å². The van der Waals surface area contributed by atoms with Crippen molar-refractivity contribution in [1.29, 1.82) is 0 Å². The van der Waals surface area contributed by atoms with Gasteiger partial charge in [0, 0.05) is 21.1 Å². The van der Waals surface area contributed by atoms with Crippen LogP contribution in [0.25, 0.3) is 10.9 Å². The maximum Gasteiger partial charge on any atom is 0.312 e. The van der Waals surface area contributed by atoms with Gasteiger partial charge in [0.2, 0.25) is 0 Å². The number of benzene rings is 1. The van der Waals surface area contributed by atoms with Crippen molar-refractivity contribution in [2.45, 2.75) is 19.3 Å². The molecule has 1 aliphatic rings. The van der Waals surface area contributed by atoms with Gasteiger partial charge in [-0.25, -0.2) is 0 Å². The molecule has 0 spiro atoms. The summed E-state index contributed by atoms with van der Waals surface area (Å²) >= 11 is 1.61. The molecule has 1 atom stereocenters. The van der Waals surface area contributed by atoms with Crippen molar-refractivity contribution in [3.63, 3.8) is 0 Å². The molecule has 4 rings (SSSR count). The summed E-state index contributed by atoms with van der Waals surface area (Å²) in [5, 5.41) is 0.767. The minimum absolute atomic E-state index is 0.183. The van der Waals surface area contributed by atoms with Crippen LogP contribution >= 0.6 is 11.3 Å². The quantitative estimate of drug-likeness (QED) is 0.701. The van der Waals surface area contributed by atoms with E-state index in [-0.39, 0.29) is 23.9 Å². The number of rotatable bonds is 1. The number of fused-ring (bicyclic) bond motifs is 3. The Labute approximate surface area is 130 Å². The van der Waals surface area contributed by atoms with E-state index in [2.05, 4.69) is 4.98 Å². The molecule has 3 heterocycles. The van der Waals surface area contributed by atoms with Crippen LogP contribution in [0, 0.1) is 6.92 Å². The van der Waals surface area contributed by atoms with Crippen LogP contribution in [-0.2, 0) is 4.79 Å². The number of hydrogen-bond acceptors (Lipinski definition) is 4. The second-order valence-electron chi connectivity index (χ2n) is 5.42. The fourth-order valence-electron chi connectivity index (χ4n) is 2.96. The number of ether oxygens (including phenoxy) is 1. The molecule has 5 heteroatoms. The van der Waals surface area contributed by atoms with Crippen molar-refractivity contribution in [1.82, 2.24) is 4.98 Å². The number of nitrogens with one attached hydrogen (secondary N) is 1. The summed E-state index contributed by atoms with van der Waals surface area (Å²) in [6.07, 6.45) is 0.203. The van der Waals surface area contributed by atoms with Crippen molar-refractivity contribution in [3.05, 3.63) is 62.1 Å². The molecule has 0 saturated carbocycles. The summed E-state index contributed by atoms with van der Waals surface area (Å²) in [5.41, 5.74) is 1.06. The number of H-pyrrole nitrogens is 1. The van der Waals surface area contributed by atoms with Gasteiger partial charge in [-0.3, -0.25) is 9.59 Å². The molecule has 4 nitrogen and oxygen atoms in total. The first-order valence-corrected chi connectivity index (χ1v) is 7.87. The maximum absolute atomic E-state index is 12.5. The van der Waals surface area contributed by atoms with E-state index in [1.54, 1.807) is 11.3 Å². The first-order valence-electron chi connectivity index (χ1n) is 7.05. The van der Waals surface area contributed by atoms with E-state index < -0.39 is 0 Å². The lowest BCUT2D eigenvalue weighted by molar-refractivity contribution is -0.135. The highest BCUT2D eigenvalue weighted by molar-refractivity contribution is 7.12. The van der Waals surface area contributed by atoms with Crippen LogP contribution in [-0.4, -0.2) is 11.0 Å². The van der Waals surface area contributed by atoms with Gasteiger partial charge in [-0.05, 0) is 31.2 Å². The molecule has 1 aliphatic heterocycles. The second-order valence-corrected chi connectivity index (χ2v) is 6.74. The van der Waals surface area contributed by atoms with Crippen molar-refractivity contribution >= 4 is 28.2 Å². The minimum atomic E-state index is -0.292. The molecule has 0 bridgehead atoms. The molecule has 22 heavy (non-hydrogen) atoms. The fourth-order valence-corrected chi connectivity index (χ4v) is 3.95. The molecule has 2 aromatic heterocycles. The molecule has 110 valence electrons. The van der Waals surface area contributed by atoms with Crippen LogP contribution in [0.1, 0.15) is 27.7 Å². The van der Waals surface area contributed by atoms with Gasteiger partial charge in [-0.1, -0.05) is 12.1 Å². The Morgan fingerprint density at radius 2 is 2.00 bits per heavy atom. The Kier molecular flexibility index (Phi) is 2.90. The van der Waals surface area contributed by atoms with E-state index in [1.807, 2.05) is 43.3 Å². The fraction of sp³-hybridized carbons (Fsp3) is 0.176. The van der Waals surface area contributed by atoms with E-state index in [1.165, 1.54) is 0 Å². The van der Waals surface area contributed by atoms with Crippen LogP contribution in [0.3, 0.4) is 0 Å². The van der Waals surface area contributed by atoms with E-state index in [0.29, 0.717) is 16.8 Å². The van der Waals surface area contributed by atoms with Gasteiger partial charge in [0.25, 0.3) is 5.56 Å².